The van der Waals surface area contributed by atoms with Gasteiger partial charge in [-0.1, -0.05) is 39.5 Å². The molecule has 0 rings (SSSR count). The molecule has 0 fully saturated rings. The zero-order valence-corrected chi connectivity index (χ0v) is 8.45. The van der Waals surface area contributed by atoms with Crippen LogP contribution >= 0.6 is 11.8 Å². The Balaban J connectivity index is 3.20. The summed E-state index contributed by atoms with van der Waals surface area (Å²) in [5.41, 5.74) is 0. The van der Waals surface area contributed by atoms with E-state index in [1.807, 2.05) is 0 Å². The van der Waals surface area contributed by atoms with Crippen LogP contribution in [-0.4, -0.2) is 6.04 Å². The number of rotatable bonds is 7. The van der Waals surface area contributed by atoms with Crippen molar-refractivity contribution in [1.29, 1.82) is 0 Å². The van der Waals surface area contributed by atoms with Crippen molar-refractivity contribution >= 4 is 11.8 Å². The molecule has 0 amide bonds. The summed E-state index contributed by atoms with van der Waals surface area (Å²) in [6.07, 6.45) is 7.58. The normalized spacial score (nSPS) is 13.4. The standard InChI is InChI=1S/C9H20ClN/c1-3-5-6-8-9(11-10)7-4-2/h9,11H,3-8H2,1-2H3. The lowest BCUT2D eigenvalue weighted by Gasteiger charge is -2.12. The SMILES string of the molecule is CCCCCC(CCC)NCl. The minimum atomic E-state index is 0.535. The summed E-state index contributed by atoms with van der Waals surface area (Å²) < 4.78 is 0. The molecule has 0 saturated heterocycles. The number of unbranched alkanes of at least 4 members (excludes halogenated alkanes) is 2. The second-order valence-corrected chi connectivity index (χ2v) is 3.31. The van der Waals surface area contributed by atoms with Gasteiger partial charge in [-0.05, 0) is 24.6 Å². The highest BCUT2D eigenvalue weighted by Crippen LogP contribution is 2.08. The Bertz CT molecular complexity index is 76.0. The van der Waals surface area contributed by atoms with Gasteiger partial charge in [0.05, 0.1) is 0 Å². The summed E-state index contributed by atoms with van der Waals surface area (Å²) in [6, 6.07) is 0.535. The van der Waals surface area contributed by atoms with Crippen molar-refractivity contribution in [1.82, 2.24) is 4.84 Å². The molecule has 1 nitrogen and oxygen atoms in total. The lowest BCUT2D eigenvalue weighted by molar-refractivity contribution is 0.496. The summed E-state index contributed by atoms with van der Waals surface area (Å²) in [4.78, 5) is 2.83. The predicted octanol–water partition coefficient (Wildman–Crippen LogP) is 3.48. The molecule has 0 bridgehead atoms. The minimum absolute atomic E-state index is 0.535. The lowest BCUT2D eigenvalue weighted by atomic mass is 10.1. The Kier molecular flexibility index (Phi) is 8.54. The van der Waals surface area contributed by atoms with Crippen LogP contribution in [0.25, 0.3) is 0 Å². The molecule has 1 N–H and O–H groups in total. The van der Waals surface area contributed by atoms with Gasteiger partial charge in [0.2, 0.25) is 0 Å². The van der Waals surface area contributed by atoms with E-state index < -0.39 is 0 Å². The van der Waals surface area contributed by atoms with Gasteiger partial charge in [-0.25, -0.2) is 4.84 Å². The molecule has 2 heteroatoms. The number of hydrogen-bond donors (Lipinski definition) is 1. The minimum Gasteiger partial charge on any atom is -0.230 e. The average molecular weight is 178 g/mol. The third-order valence-corrected chi connectivity index (χ3v) is 2.26. The second kappa shape index (κ2) is 8.35. The van der Waals surface area contributed by atoms with Gasteiger partial charge in [0.15, 0.2) is 0 Å². The second-order valence-electron chi connectivity index (χ2n) is 3.09. The quantitative estimate of drug-likeness (QED) is 0.464. The van der Waals surface area contributed by atoms with Crippen LogP contribution in [0.2, 0.25) is 0 Å². The van der Waals surface area contributed by atoms with E-state index in [0.29, 0.717) is 6.04 Å². The Morgan fingerprint density at radius 2 is 1.82 bits per heavy atom. The lowest BCUT2D eigenvalue weighted by Crippen LogP contribution is -2.19. The van der Waals surface area contributed by atoms with E-state index in [2.05, 4.69) is 18.7 Å². The summed E-state index contributed by atoms with van der Waals surface area (Å²) >= 11 is 5.58. The van der Waals surface area contributed by atoms with Crippen molar-refractivity contribution in [3.05, 3.63) is 0 Å². The molecule has 0 aromatic rings. The summed E-state index contributed by atoms with van der Waals surface area (Å²) in [6.45, 7) is 4.42. The molecule has 68 valence electrons. The highest BCUT2D eigenvalue weighted by Gasteiger charge is 2.03. The molecule has 11 heavy (non-hydrogen) atoms. The van der Waals surface area contributed by atoms with Crippen molar-refractivity contribution in [2.75, 3.05) is 0 Å². The Labute approximate surface area is 75.6 Å². The molecule has 0 saturated carbocycles. The predicted molar refractivity (Wildman–Crippen MR) is 51.8 cm³/mol. The molecular weight excluding hydrogens is 158 g/mol. The van der Waals surface area contributed by atoms with Crippen molar-refractivity contribution in [2.45, 2.75) is 58.4 Å². The third-order valence-electron chi connectivity index (χ3n) is 1.95. The highest BCUT2D eigenvalue weighted by molar-refractivity contribution is 6.13. The molecular formula is C9H20ClN. The fourth-order valence-electron chi connectivity index (χ4n) is 1.24. The molecule has 0 aromatic heterocycles. The maximum atomic E-state index is 5.58. The summed E-state index contributed by atoms with van der Waals surface area (Å²) in [5, 5.41) is 0. The van der Waals surface area contributed by atoms with Gasteiger partial charge in [-0.3, -0.25) is 0 Å². The van der Waals surface area contributed by atoms with Crippen LogP contribution in [0.1, 0.15) is 52.4 Å². The van der Waals surface area contributed by atoms with Crippen molar-refractivity contribution in [3.63, 3.8) is 0 Å². The molecule has 0 aliphatic carbocycles. The van der Waals surface area contributed by atoms with Crippen LogP contribution < -0.4 is 4.84 Å². The fraction of sp³-hybridized carbons (Fsp3) is 1.00. The fourth-order valence-corrected chi connectivity index (χ4v) is 1.46. The van der Waals surface area contributed by atoms with E-state index in [1.54, 1.807) is 0 Å². The van der Waals surface area contributed by atoms with Gasteiger partial charge >= 0.3 is 0 Å². The average Bonchev–Trinajstić information content (AvgIpc) is 2.03. The first kappa shape index (κ1) is 11.2. The van der Waals surface area contributed by atoms with Gasteiger partial charge in [0, 0.05) is 6.04 Å². The van der Waals surface area contributed by atoms with Crippen LogP contribution in [0, 0.1) is 0 Å². The monoisotopic (exact) mass is 177 g/mol. The van der Waals surface area contributed by atoms with E-state index in [9.17, 15) is 0 Å². The number of nitrogens with one attached hydrogen (secondary N) is 1. The van der Waals surface area contributed by atoms with E-state index in [-0.39, 0.29) is 0 Å². The van der Waals surface area contributed by atoms with Gasteiger partial charge in [-0.2, -0.15) is 0 Å². The zero-order chi connectivity index (χ0) is 8.53. The van der Waals surface area contributed by atoms with E-state index in [4.69, 9.17) is 11.8 Å². The van der Waals surface area contributed by atoms with Crippen LogP contribution in [0.15, 0.2) is 0 Å². The van der Waals surface area contributed by atoms with Crippen LogP contribution in [-0.2, 0) is 0 Å². The van der Waals surface area contributed by atoms with Crippen molar-refractivity contribution in [3.8, 4) is 0 Å². The van der Waals surface area contributed by atoms with Crippen molar-refractivity contribution in [2.24, 2.45) is 0 Å². The van der Waals surface area contributed by atoms with E-state index in [1.165, 1.54) is 38.5 Å². The van der Waals surface area contributed by atoms with Crippen molar-refractivity contribution < 1.29 is 0 Å². The Hall–Kier alpha value is 0.250. The summed E-state index contributed by atoms with van der Waals surface area (Å²) in [7, 11) is 0. The smallest absolute Gasteiger partial charge is 0.0220 e. The van der Waals surface area contributed by atoms with Crippen LogP contribution in [0.5, 0.6) is 0 Å². The highest BCUT2D eigenvalue weighted by atomic mass is 35.5. The zero-order valence-electron chi connectivity index (χ0n) is 7.70. The van der Waals surface area contributed by atoms with Gasteiger partial charge < -0.3 is 0 Å². The Morgan fingerprint density at radius 1 is 1.09 bits per heavy atom. The topological polar surface area (TPSA) is 12.0 Å². The van der Waals surface area contributed by atoms with Gasteiger partial charge in [-0.15, -0.1) is 0 Å². The van der Waals surface area contributed by atoms with Crippen LogP contribution in [0.3, 0.4) is 0 Å². The van der Waals surface area contributed by atoms with Crippen LogP contribution in [0.4, 0.5) is 0 Å². The van der Waals surface area contributed by atoms with E-state index in [0.717, 1.165) is 0 Å². The molecule has 1 atom stereocenters. The first-order valence-electron chi connectivity index (χ1n) is 4.71. The molecule has 0 heterocycles. The molecule has 0 aromatic carbocycles. The summed E-state index contributed by atoms with van der Waals surface area (Å²) in [5.74, 6) is 0. The number of halogens is 1. The molecule has 0 radical (unpaired) electrons. The molecule has 0 spiro atoms. The molecule has 0 aliphatic rings. The first-order chi connectivity index (χ1) is 5.35. The molecule has 1 unspecified atom stereocenters. The number of hydrogen-bond acceptors (Lipinski definition) is 1. The van der Waals surface area contributed by atoms with E-state index >= 15 is 0 Å². The maximum Gasteiger partial charge on any atom is 0.0220 e. The van der Waals surface area contributed by atoms with Gasteiger partial charge in [0.25, 0.3) is 0 Å². The largest absolute Gasteiger partial charge is 0.230 e. The molecule has 0 aliphatic heterocycles. The van der Waals surface area contributed by atoms with Gasteiger partial charge in [0.1, 0.15) is 0 Å². The maximum absolute atomic E-state index is 5.58. The Morgan fingerprint density at radius 3 is 2.27 bits per heavy atom. The third kappa shape index (κ3) is 6.64. The first-order valence-corrected chi connectivity index (χ1v) is 5.09.